The Morgan fingerprint density at radius 2 is 1.86 bits per heavy atom. The van der Waals surface area contributed by atoms with Crippen LogP contribution in [0.5, 0.6) is 0 Å². The SMILES string of the molecule is CC(Cc1ccc(Cl)cc1)Nc1cccc(NC(N)=O)c1. The molecule has 5 heteroatoms. The lowest BCUT2D eigenvalue weighted by Gasteiger charge is -2.16. The number of halogens is 1. The van der Waals surface area contributed by atoms with Gasteiger partial charge in [0.05, 0.1) is 0 Å². The van der Waals surface area contributed by atoms with Crippen molar-refractivity contribution < 1.29 is 4.79 Å². The molecular formula is C16H18ClN3O. The third kappa shape index (κ3) is 5.00. The summed E-state index contributed by atoms with van der Waals surface area (Å²) in [7, 11) is 0. The molecule has 4 nitrogen and oxygen atoms in total. The fourth-order valence-corrected chi connectivity index (χ4v) is 2.26. The molecule has 0 fully saturated rings. The average molecular weight is 304 g/mol. The summed E-state index contributed by atoms with van der Waals surface area (Å²) in [5, 5.41) is 6.69. The number of carbonyl (C=O) groups excluding carboxylic acids is 1. The number of nitrogens with one attached hydrogen (secondary N) is 2. The third-order valence-corrected chi connectivity index (χ3v) is 3.25. The molecule has 110 valence electrons. The number of hydrogen-bond acceptors (Lipinski definition) is 2. The van der Waals surface area contributed by atoms with E-state index in [2.05, 4.69) is 17.6 Å². The van der Waals surface area contributed by atoms with Gasteiger partial charge in [-0.1, -0.05) is 29.8 Å². The second kappa shape index (κ2) is 6.99. The van der Waals surface area contributed by atoms with Crippen molar-refractivity contribution in [2.24, 2.45) is 5.73 Å². The van der Waals surface area contributed by atoms with Gasteiger partial charge in [0, 0.05) is 22.4 Å². The molecule has 1 unspecified atom stereocenters. The fourth-order valence-electron chi connectivity index (χ4n) is 2.14. The Balaban J connectivity index is 1.97. The van der Waals surface area contributed by atoms with Crippen molar-refractivity contribution in [2.75, 3.05) is 10.6 Å². The summed E-state index contributed by atoms with van der Waals surface area (Å²) in [6.45, 7) is 2.10. The molecule has 2 aromatic rings. The Bertz CT molecular complexity index is 613. The van der Waals surface area contributed by atoms with E-state index in [4.69, 9.17) is 17.3 Å². The number of primary amides is 1. The maximum absolute atomic E-state index is 10.9. The van der Waals surface area contributed by atoms with Gasteiger partial charge in [-0.25, -0.2) is 4.79 Å². The van der Waals surface area contributed by atoms with E-state index in [9.17, 15) is 4.79 Å². The lowest BCUT2D eigenvalue weighted by molar-refractivity contribution is 0.259. The minimum atomic E-state index is -0.568. The molecule has 0 spiro atoms. The molecular weight excluding hydrogens is 286 g/mol. The van der Waals surface area contributed by atoms with Crippen molar-refractivity contribution in [1.82, 2.24) is 0 Å². The summed E-state index contributed by atoms with van der Waals surface area (Å²) < 4.78 is 0. The fraction of sp³-hybridized carbons (Fsp3) is 0.188. The number of amides is 2. The standard InChI is InChI=1S/C16H18ClN3O/c1-11(9-12-5-7-13(17)8-6-12)19-14-3-2-4-15(10-14)20-16(18)21/h2-8,10-11,19H,9H2,1H3,(H3,18,20,21). The van der Waals surface area contributed by atoms with E-state index < -0.39 is 6.03 Å². The Kier molecular flexibility index (Phi) is 5.06. The van der Waals surface area contributed by atoms with Gasteiger partial charge in [-0.2, -0.15) is 0 Å². The van der Waals surface area contributed by atoms with E-state index >= 15 is 0 Å². The zero-order valence-electron chi connectivity index (χ0n) is 11.8. The molecule has 0 radical (unpaired) electrons. The summed E-state index contributed by atoms with van der Waals surface area (Å²) in [6, 6.07) is 15.0. The van der Waals surface area contributed by atoms with Crippen LogP contribution in [-0.4, -0.2) is 12.1 Å². The van der Waals surface area contributed by atoms with Crippen LogP contribution < -0.4 is 16.4 Å². The first-order chi connectivity index (χ1) is 10.0. The number of urea groups is 1. The van der Waals surface area contributed by atoms with Gasteiger partial charge in [-0.15, -0.1) is 0 Å². The van der Waals surface area contributed by atoms with Gasteiger partial charge in [0.2, 0.25) is 0 Å². The zero-order chi connectivity index (χ0) is 15.2. The largest absolute Gasteiger partial charge is 0.382 e. The first-order valence-electron chi connectivity index (χ1n) is 6.70. The van der Waals surface area contributed by atoms with Crippen molar-refractivity contribution >= 4 is 29.0 Å². The van der Waals surface area contributed by atoms with E-state index in [1.54, 1.807) is 6.07 Å². The molecule has 0 aliphatic carbocycles. The van der Waals surface area contributed by atoms with Crippen LogP contribution in [0.1, 0.15) is 12.5 Å². The van der Waals surface area contributed by atoms with Crippen molar-refractivity contribution in [1.29, 1.82) is 0 Å². The Labute approximate surface area is 129 Å². The van der Waals surface area contributed by atoms with E-state index in [-0.39, 0.29) is 6.04 Å². The maximum atomic E-state index is 10.9. The lowest BCUT2D eigenvalue weighted by atomic mass is 10.1. The van der Waals surface area contributed by atoms with Crippen molar-refractivity contribution in [3.8, 4) is 0 Å². The smallest absolute Gasteiger partial charge is 0.316 e. The monoisotopic (exact) mass is 303 g/mol. The number of hydrogen-bond donors (Lipinski definition) is 3. The quantitative estimate of drug-likeness (QED) is 0.785. The summed E-state index contributed by atoms with van der Waals surface area (Å²) >= 11 is 5.88. The molecule has 0 heterocycles. The summed E-state index contributed by atoms with van der Waals surface area (Å²) in [4.78, 5) is 10.9. The lowest BCUT2D eigenvalue weighted by Crippen LogP contribution is -2.20. The van der Waals surface area contributed by atoms with Gasteiger partial charge < -0.3 is 16.4 Å². The molecule has 2 aromatic carbocycles. The van der Waals surface area contributed by atoms with Gasteiger partial charge in [0.15, 0.2) is 0 Å². The zero-order valence-corrected chi connectivity index (χ0v) is 12.5. The average Bonchev–Trinajstić information content (AvgIpc) is 2.41. The normalized spacial score (nSPS) is 11.7. The van der Waals surface area contributed by atoms with Crippen LogP contribution in [0.15, 0.2) is 48.5 Å². The molecule has 0 aliphatic rings. The number of carbonyl (C=O) groups is 1. The summed E-state index contributed by atoms with van der Waals surface area (Å²) in [5.74, 6) is 0. The molecule has 2 amide bonds. The molecule has 0 saturated heterocycles. The number of anilines is 2. The van der Waals surface area contributed by atoms with Crippen LogP contribution in [-0.2, 0) is 6.42 Å². The minimum Gasteiger partial charge on any atom is -0.382 e. The van der Waals surface area contributed by atoms with E-state index in [1.165, 1.54) is 5.56 Å². The highest BCUT2D eigenvalue weighted by molar-refractivity contribution is 6.30. The first kappa shape index (κ1) is 15.2. The second-order valence-electron chi connectivity index (χ2n) is 4.95. The van der Waals surface area contributed by atoms with Crippen molar-refractivity contribution in [2.45, 2.75) is 19.4 Å². The molecule has 1 atom stereocenters. The van der Waals surface area contributed by atoms with Crippen LogP contribution >= 0.6 is 11.6 Å². The molecule has 21 heavy (non-hydrogen) atoms. The van der Waals surface area contributed by atoms with Crippen LogP contribution in [0.2, 0.25) is 5.02 Å². The van der Waals surface area contributed by atoms with Crippen LogP contribution in [0.25, 0.3) is 0 Å². The van der Waals surface area contributed by atoms with Gasteiger partial charge in [-0.3, -0.25) is 0 Å². The highest BCUT2D eigenvalue weighted by Gasteiger charge is 2.05. The molecule has 0 aliphatic heterocycles. The maximum Gasteiger partial charge on any atom is 0.316 e. The highest BCUT2D eigenvalue weighted by Crippen LogP contribution is 2.17. The van der Waals surface area contributed by atoms with Gasteiger partial charge in [0.25, 0.3) is 0 Å². The third-order valence-electron chi connectivity index (χ3n) is 3.00. The van der Waals surface area contributed by atoms with Crippen LogP contribution in [0.4, 0.5) is 16.2 Å². The second-order valence-corrected chi connectivity index (χ2v) is 5.38. The predicted octanol–water partition coefficient (Wildman–Crippen LogP) is 3.87. The van der Waals surface area contributed by atoms with Gasteiger partial charge in [-0.05, 0) is 49.2 Å². The number of benzene rings is 2. The van der Waals surface area contributed by atoms with Crippen LogP contribution in [0.3, 0.4) is 0 Å². The first-order valence-corrected chi connectivity index (χ1v) is 7.08. The summed E-state index contributed by atoms with van der Waals surface area (Å²) in [5.41, 5.74) is 7.93. The minimum absolute atomic E-state index is 0.245. The Morgan fingerprint density at radius 3 is 2.52 bits per heavy atom. The van der Waals surface area contributed by atoms with E-state index in [0.29, 0.717) is 5.69 Å². The van der Waals surface area contributed by atoms with Gasteiger partial charge >= 0.3 is 6.03 Å². The molecule has 0 aromatic heterocycles. The van der Waals surface area contributed by atoms with Crippen molar-refractivity contribution in [3.05, 3.63) is 59.1 Å². The van der Waals surface area contributed by atoms with E-state index in [0.717, 1.165) is 17.1 Å². The number of nitrogens with two attached hydrogens (primary N) is 1. The van der Waals surface area contributed by atoms with Gasteiger partial charge in [0.1, 0.15) is 0 Å². The highest BCUT2D eigenvalue weighted by atomic mass is 35.5. The molecule has 0 saturated carbocycles. The Morgan fingerprint density at radius 1 is 1.19 bits per heavy atom. The topological polar surface area (TPSA) is 67.2 Å². The molecule has 2 rings (SSSR count). The molecule has 4 N–H and O–H groups in total. The molecule has 0 bridgehead atoms. The van der Waals surface area contributed by atoms with Crippen LogP contribution in [0, 0.1) is 0 Å². The number of rotatable bonds is 5. The Hall–Kier alpha value is -2.20. The summed E-state index contributed by atoms with van der Waals surface area (Å²) in [6.07, 6.45) is 0.880. The van der Waals surface area contributed by atoms with E-state index in [1.807, 2.05) is 42.5 Å². The van der Waals surface area contributed by atoms with Crippen molar-refractivity contribution in [3.63, 3.8) is 0 Å². The predicted molar refractivity (Wildman–Crippen MR) is 87.9 cm³/mol.